The van der Waals surface area contributed by atoms with Gasteiger partial charge in [0.05, 0.1) is 6.61 Å². The second kappa shape index (κ2) is 7.94. The summed E-state index contributed by atoms with van der Waals surface area (Å²) < 4.78 is 11.5. The minimum atomic E-state index is 0.337. The van der Waals surface area contributed by atoms with Gasteiger partial charge in [0.2, 0.25) is 0 Å². The Bertz CT molecular complexity index is 534. The molecule has 1 heterocycles. The number of nitrogens with one attached hydrogen (secondary N) is 1. The van der Waals surface area contributed by atoms with E-state index in [1.165, 1.54) is 0 Å². The molecule has 2 aromatic rings. The second-order valence-corrected chi connectivity index (χ2v) is 5.02. The van der Waals surface area contributed by atoms with E-state index in [0.717, 1.165) is 16.6 Å². The van der Waals surface area contributed by atoms with Gasteiger partial charge in [-0.05, 0) is 18.2 Å². The van der Waals surface area contributed by atoms with Crippen molar-refractivity contribution in [1.29, 1.82) is 0 Å². The maximum absolute atomic E-state index is 5.56. The number of methoxy groups -OCH3 is 1. The Morgan fingerprint density at radius 1 is 1.25 bits per heavy atom. The minimum absolute atomic E-state index is 0.337. The van der Waals surface area contributed by atoms with Gasteiger partial charge in [-0.15, -0.1) is 0 Å². The molecule has 0 radical (unpaired) electrons. The van der Waals surface area contributed by atoms with E-state index in [2.05, 4.69) is 31.2 Å². The van der Waals surface area contributed by atoms with E-state index in [0.29, 0.717) is 24.9 Å². The first-order valence-electron chi connectivity index (χ1n) is 6.22. The van der Waals surface area contributed by atoms with Crippen LogP contribution in [0.5, 0.6) is 11.8 Å². The van der Waals surface area contributed by atoms with Crippen LogP contribution in [0, 0.1) is 0 Å². The van der Waals surface area contributed by atoms with Gasteiger partial charge in [-0.3, -0.25) is 0 Å². The molecule has 0 amide bonds. The Morgan fingerprint density at radius 3 is 2.75 bits per heavy atom. The second-order valence-electron chi connectivity index (χ2n) is 4.10. The van der Waals surface area contributed by atoms with Crippen molar-refractivity contribution in [2.24, 2.45) is 0 Å². The summed E-state index contributed by atoms with van der Waals surface area (Å²) in [7, 11) is 1.68. The van der Waals surface area contributed by atoms with Gasteiger partial charge in [-0.1, -0.05) is 22.0 Å². The maximum Gasteiger partial charge on any atom is 0.321 e. The van der Waals surface area contributed by atoms with Gasteiger partial charge in [0.1, 0.15) is 5.75 Å². The Hall–Kier alpha value is -1.50. The van der Waals surface area contributed by atoms with Gasteiger partial charge in [0.15, 0.2) is 0 Å². The zero-order valence-corrected chi connectivity index (χ0v) is 12.8. The van der Waals surface area contributed by atoms with Gasteiger partial charge in [-0.25, -0.2) is 9.97 Å². The van der Waals surface area contributed by atoms with E-state index in [1.54, 1.807) is 19.5 Å². The molecule has 0 fully saturated rings. The van der Waals surface area contributed by atoms with Crippen molar-refractivity contribution in [2.75, 3.05) is 20.3 Å². The minimum Gasteiger partial charge on any atom is -0.424 e. The molecule has 0 saturated carbocycles. The Kier molecular flexibility index (Phi) is 5.91. The van der Waals surface area contributed by atoms with Crippen molar-refractivity contribution in [3.8, 4) is 11.8 Å². The fourth-order valence-corrected chi connectivity index (χ4v) is 1.91. The Labute approximate surface area is 126 Å². The molecule has 106 valence electrons. The molecular formula is C14H16BrN3O2. The quantitative estimate of drug-likeness (QED) is 0.787. The van der Waals surface area contributed by atoms with Crippen LogP contribution in [-0.4, -0.2) is 30.2 Å². The summed E-state index contributed by atoms with van der Waals surface area (Å²) in [4.78, 5) is 8.37. The number of nitrogens with zero attached hydrogens (tertiary/aromatic N) is 2. The van der Waals surface area contributed by atoms with E-state index in [9.17, 15) is 0 Å². The van der Waals surface area contributed by atoms with Crippen LogP contribution in [0.2, 0.25) is 0 Å². The number of ether oxygens (including phenoxy) is 2. The summed E-state index contributed by atoms with van der Waals surface area (Å²) in [6.45, 7) is 2.19. The molecule has 6 heteroatoms. The van der Waals surface area contributed by atoms with Crippen LogP contribution in [0.1, 0.15) is 5.56 Å². The zero-order chi connectivity index (χ0) is 14.2. The number of halogens is 1. The molecule has 5 nitrogen and oxygen atoms in total. The predicted octanol–water partition coefficient (Wildman–Crippen LogP) is 2.77. The van der Waals surface area contributed by atoms with Crippen molar-refractivity contribution in [3.63, 3.8) is 0 Å². The number of aromatic nitrogens is 2. The molecule has 0 aliphatic carbocycles. The normalized spacial score (nSPS) is 10.5. The van der Waals surface area contributed by atoms with E-state index < -0.39 is 0 Å². The third-order valence-electron chi connectivity index (χ3n) is 2.50. The highest BCUT2D eigenvalue weighted by Crippen LogP contribution is 2.21. The van der Waals surface area contributed by atoms with Crippen molar-refractivity contribution in [2.45, 2.75) is 6.54 Å². The molecule has 0 aliphatic rings. The highest BCUT2D eigenvalue weighted by Gasteiger charge is 2.01. The molecular weight excluding hydrogens is 322 g/mol. The monoisotopic (exact) mass is 337 g/mol. The lowest BCUT2D eigenvalue weighted by molar-refractivity contribution is 0.199. The number of benzene rings is 1. The highest BCUT2D eigenvalue weighted by atomic mass is 79.9. The van der Waals surface area contributed by atoms with Crippen molar-refractivity contribution in [1.82, 2.24) is 15.3 Å². The van der Waals surface area contributed by atoms with Crippen LogP contribution in [0.4, 0.5) is 0 Å². The average molecular weight is 338 g/mol. The SMILES string of the molecule is COCCNCc1cnc(Oc2cccc(Br)c2)nc1. The van der Waals surface area contributed by atoms with Crippen LogP contribution in [-0.2, 0) is 11.3 Å². The molecule has 1 aromatic heterocycles. The molecule has 0 spiro atoms. The topological polar surface area (TPSA) is 56.3 Å². The van der Waals surface area contributed by atoms with E-state index >= 15 is 0 Å². The van der Waals surface area contributed by atoms with E-state index in [-0.39, 0.29) is 0 Å². The van der Waals surface area contributed by atoms with Crippen molar-refractivity contribution in [3.05, 3.63) is 46.7 Å². The van der Waals surface area contributed by atoms with Gasteiger partial charge < -0.3 is 14.8 Å². The Balaban J connectivity index is 1.88. The molecule has 2 rings (SSSR count). The zero-order valence-electron chi connectivity index (χ0n) is 11.2. The summed E-state index contributed by atoms with van der Waals surface area (Å²) in [5.74, 6) is 0.699. The number of rotatable bonds is 7. The van der Waals surface area contributed by atoms with Gasteiger partial charge >= 0.3 is 6.01 Å². The predicted molar refractivity (Wildman–Crippen MR) is 79.8 cm³/mol. The largest absolute Gasteiger partial charge is 0.424 e. The fourth-order valence-electron chi connectivity index (χ4n) is 1.53. The summed E-state index contributed by atoms with van der Waals surface area (Å²) in [6.07, 6.45) is 3.50. The standard InChI is InChI=1S/C14H16BrN3O2/c1-19-6-5-16-8-11-9-17-14(18-10-11)20-13-4-2-3-12(15)7-13/h2-4,7,9-10,16H,5-6,8H2,1H3. The molecule has 1 aromatic carbocycles. The van der Waals surface area contributed by atoms with Gasteiger partial charge in [0.25, 0.3) is 0 Å². The molecule has 1 N–H and O–H groups in total. The van der Waals surface area contributed by atoms with Gasteiger partial charge in [-0.2, -0.15) is 0 Å². The van der Waals surface area contributed by atoms with Crippen LogP contribution in [0.25, 0.3) is 0 Å². The van der Waals surface area contributed by atoms with Crippen LogP contribution in [0.3, 0.4) is 0 Å². The number of hydrogen-bond acceptors (Lipinski definition) is 5. The molecule has 0 bridgehead atoms. The first-order chi connectivity index (χ1) is 9.78. The molecule has 0 aliphatic heterocycles. The first kappa shape index (κ1) is 14.9. The molecule has 0 unspecified atom stereocenters. The molecule has 0 atom stereocenters. The van der Waals surface area contributed by atoms with Crippen LogP contribution in [0.15, 0.2) is 41.1 Å². The summed E-state index contributed by atoms with van der Waals surface area (Å²) in [6, 6.07) is 7.89. The lowest BCUT2D eigenvalue weighted by atomic mass is 10.3. The first-order valence-corrected chi connectivity index (χ1v) is 7.01. The highest BCUT2D eigenvalue weighted by molar-refractivity contribution is 9.10. The lowest BCUT2D eigenvalue weighted by Crippen LogP contribution is -2.18. The van der Waals surface area contributed by atoms with Crippen LogP contribution < -0.4 is 10.1 Å². The average Bonchev–Trinajstić information content (AvgIpc) is 2.45. The molecule has 20 heavy (non-hydrogen) atoms. The summed E-state index contributed by atoms with van der Waals surface area (Å²) >= 11 is 3.39. The van der Waals surface area contributed by atoms with Gasteiger partial charge in [0, 0.05) is 42.6 Å². The van der Waals surface area contributed by atoms with Crippen molar-refractivity contribution < 1.29 is 9.47 Å². The third kappa shape index (κ3) is 4.88. The lowest BCUT2D eigenvalue weighted by Gasteiger charge is -2.06. The smallest absolute Gasteiger partial charge is 0.321 e. The summed E-state index contributed by atoms with van der Waals surface area (Å²) in [5.41, 5.74) is 1.00. The van der Waals surface area contributed by atoms with Crippen LogP contribution >= 0.6 is 15.9 Å². The maximum atomic E-state index is 5.56. The molecule has 0 saturated heterocycles. The van der Waals surface area contributed by atoms with E-state index in [4.69, 9.17) is 9.47 Å². The van der Waals surface area contributed by atoms with Crippen molar-refractivity contribution >= 4 is 15.9 Å². The summed E-state index contributed by atoms with van der Waals surface area (Å²) in [5, 5.41) is 3.23. The Morgan fingerprint density at radius 2 is 2.05 bits per heavy atom. The fraction of sp³-hybridized carbons (Fsp3) is 0.286. The third-order valence-corrected chi connectivity index (χ3v) is 2.99. The van der Waals surface area contributed by atoms with E-state index in [1.807, 2.05) is 24.3 Å². The number of hydrogen-bond donors (Lipinski definition) is 1.